The van der Waals surface area contributed by atoms with Crippen LogP contribution in [0, 0.1) is 0 Å². The maximum Gasteiger partial charge on any atom is 0.323 e. The first kappa shape index (κ1) is 17.0. The zero-order valence-electron chi connectivity index (χ0n) is 13.3. The number of hydrogen-bond donors (Lipinski definition) is 3. The average Bonchev–Trinajstić information content (AvgIpc) is 2.58. The van der Waals surface area contributed by atoms with Crippen molar-refractivity contribution in [2.75, 3.05) is 16.0 Å². The van der Waals surface area contributed by atoms with Gasteiger partial charge in [-0.1, -0.05) is 36.4 Å². The van der Waals surface area contributed by atoms with E-state index >= 15 is 0 Å². The third kappa shape index (κ3) is 5.81. The van der Waals surface area contributed by atoms with Gasteiger partial charge in [0.25, 0.3) is 0 Å². The molecule has 0 atom stereocenters. The van der Waals surface area contributed by atoms with E-state index in [4.69, 9.17) is 0 Å². The second-order valence-electron chi connectivity index (χ2n) is 4.90. The first-order valence-corrected chi connectivity index (χ1v) is 7.51. The highest BCUT2D eigenvalue weighted by atomic mass is 16.2. The fourth-order valence-corrected chi connectivity index (χ4v) is 1.89. The quantitative estimate of drug-likeness (QED) is 0.564. The fourth-order valence-electron chi connectivity index (χ4n) is 1.89. The van der Waals surface area contributed by atoms with Crippen LogP contribution in [0.2, 0.25) is 0 Å². The molecule has 3 amide bonds. The normalized spacial score (nSPS) is 10.7. The molecule has 2 aromatic carbocycles. The number of urea groups is 1. The maximum absolute atomic E-state index is 11.9. The van der Waals surface area contributed by atoms with Crippen LogP contribution >= 0.6 is 0 Å². The average molecular weight is 321 g/mol. The minimum absolute atomic E-state index is 0.212. The van der Waals surface area contributed by atoms with Gasteiger partial charge in [-0.15, -0.1) is 0 Å². The van der Waals surface area contributed by atoms with E-state index in [1.165, 1.54) is 6.08 Å². The Hall–Kier alpha value is -3.34. The lowest BCUT2D eigenvalue weighted by atomic mass is 10.2. The third-order valence-electron chi connectivity index (χ3n) is 2.99. The summed E-state index contributed by atoms with van der Waals surface area (Å²) in [6.07, 6.45) is 6.72. The second kappa shape index (κ2) is 8.95. The lowest BCUT2D eigenvalue weighted by Gasteiger charge is -2.08. The lowest BCUT2D eigenvalue weighted by molar-refractivity contribution is -0.111. The van der Waals surface area contributed by atoms with Crippen molar-refractivity contribution in [3.63, 3.8) is 0 Å². The Morgan fingerprint density at radius 1 is 0.750 bits per heavy atom. The van der Waals surface area contributed by atoms with Gasteiger partial charge >= 0.3 is 6.03 Å². The number of amides is 3. The van der Waals surface area contributed by atoms with Crippen molar-refractivity contribution in [2.24, 2.45) is 0 Å². The van der Waals surface area contributed by atoms with Crippen molar-refractivity contribution in [1.82, 2.24) is 0 Å². The largest absolute Gasteiger partial charge is 0.323 e. The zero-order valence-corrected chi connectivity index (χ0v) is 13.3. The Bertz CT molecular complexity index is 735. The molecule has 3 N–H and O–H groups in total. The van der Waals surface area contributed by atoms with Gasteiger partial charge < -0.3 is 16.0 Å². The molecule has 2 rings (SSSR count). The Labute approximate surface area is 141 Å². The minimum atomic E-state index is -0.327. The number of carbonyl (C=O) groups is 2. The summed E-state index contributed by atoms with van der Waals surface area (Å²) in [7, 11) is 0. The molecular weight excluding hydrogens is 302 g/mol. The first-order valence-electron chi connectivity index (χ1n) is 7.51. The predicted octanol–water partition coefficient (Wildman–Crippen LogP) is 4.40. The second-order valence-corrected chi connectivity index (χ2v) is 4.90. The monoisotopic (exact) mass is 321 g/mol. The standard InChI is InChI=1S/C19H19N3O2/c1-2-3-5-10-18(23)20-16-11-13-17(14-12-16)22-19(24)21-15-8-6-4-7-9-15/h2-14H,1H3,(H,20,23)(H2,21,22,24)/b3-2+,10-5+. The SMILES string of the molecule is C/C=C/C=C/C(=O)Nc1ccc(NC(=O)Nc2ccccc2)cc1. The van der Waals surface area contributed by atoms with Crippen LogP contribution in [0.25, 0.3) is 0 Å². The van der Waals surface area contributed by atoms with Crippen LogP contribution in [0.3, 0.4) is 0 Å². The van der Waals surface area contributed by atoms with Crippen molar-refractivity contribution in [2.45, 2.75) is 6.92 Å². The smallest absolute Gasteiger partial charge is 0.323 e. The highest BCUT2D eigenvalue weighted by Gasteiger charge is 2.03. The highest BCUT2D eigenvalue weighted by Crippen LogP contribution is 2.14. The van der Waals surface area contributed by atoms with Crippen molar-refractivity contribution < 1.29 is 9.59 Å². The van der Waals surface area contributed by atoms with Gasteiger partial charge in [0.05, 0.1) is 0 Å². The van der Waals surface area contributed by atoms with Crippen LogP contribution in [0.1, 0.15) is 6.92 Å². The molecule has 24 heavy (non-hydrogen) atoms. The molecule has 0 aliphatic rings. The van der Waals surface area contributed by atoms with Gasteiger partial charge in [-0.2, -0.15) is 0 Å². The van der Waals surface area contributed by atoms with Crippen molar-refractivity contribution >= 4 is 29.0 Å². The summed E-state index contributed by atoms with van der Waals surface area (Å²) in [4.78, 5) is 23.5. The molecular formula is C19H19N3O2. The van der Waals surface area contributed by atoms with E-state index in [-0.39, 0.29) is 11.9 Å². The summed E-state index contributed by atoms with van der Waals surface area (Å²) in [5, 5.41) is 8.19. The Balaban J connectivity index is 1.87. The van der Waals surface area contributed by atoms with Crippen LogP contribution in [-0.2, 0) is 4.79 Å². The van der Waals surface area contributed by atoms with E-state index in [9.17, 15) is 9.59 Å². The third-order valence-corrected chi connectivity index (χ3v) is 2.99. The van der Waals surface area contributed by atoms with Gasteiger partial charge in [0.1, 0.15) is 0 Å². The molecule has 0 radical (unpaired) electrons. The minimum Gasteiger partial charge on any atom is -0.323 e. The molecule has 5 nitrogen and oxygen atoms in total. The molecule has 0 fully saturated rings. The van der Waals surface area contributed by atoms with E-state index in [0.717, 1.165) is 0 Å². The topological polar surface area (TPSA) is 70.2 Å². The molecule has 122 valence electrons. The van der Waals surface area contributed by atoms with Gasteiger partial charge in [0, 0.05) is 23.1 Å². The fraction of sp³-hybridized carbons (Fsp3) is 0.0526. The Morgan fingerprint density at radius 2 is 1.29 bits per heavy atom. The summed E-state index contributed by atoms with van der Waals surface area (Å²) in [6, 6.07) is 15.7. The molecule has 0 saturated carbocycles. The molecule has 0 saturated heterocycles. The zero-order chi connectivity index (χ0) is 17.2. The first-order chi connectivity index (χ1) is 11.7. The summed E-state index contributed by atoms with van der Waals surface area (Å²) >= 11 is 0. The molecule has 0 spiro atoms. The molecule has 0 aliphatic heterocycles. The van der Waals surface area contributed by atoms with Gasteiger partial charge in [-0.05, 0) is 43.3 Å². The number of para-hydroxylation sites is 1. The van der Waals surface area contributed by atoms with Gasteiger partial charge in [0.15, 0.2) is 0 Å². The Morgan fingerprint density at radius 3 is 1.88 bits per heavy atom. The van der Waals surface area contributed by atoms with Crippen LogP contribution in [0.4, 0.5) is 21.9 Å². The van der Waals surface area contributed by atoms with E-state index < -0.39 is 0 Å². The summed E-state index contributed by atoms with van der Waals surface area (Å²) in [5.41, 5.74) is 2.00. The number of nitrogens with one attached hydrogen (secondary N) is 3. The van der Waals surface area contributed by atoms with Crippen LogP contribution in [0.5, 0.6) is 0 Å². The number of allylic oxidation sites excluding steroid dienone is 3. The van der Waals surface area contributed by atoms with Gasteiger partial charge in [-0.25, -0.2) is 4.79 Å². The van der Waals surface area contributed by atoms with Gasteiger partial charge in [0.2, 0.25) is 5.91 Å². The molecule has 5 heteroatoms. The van der Waals surface area contributed by atoms with Crippen molar-refractivity contribution in [3.05, 3.63) is 78.9 Å². The molecule has 0 bridgehead atoms. The molecule has 0 aliphatic carbocycles. The van der Waals surface area contributed by atoms with E-state index in [0.29, 0.717) is 17.1 Å². The highest BCUT2D eigenvalue weighted by molar-refractivity contribution is 6.01. The maximum atomic E-state index is 11.9. The number of carbonyl (C=O) groups excluding carboxylic acids is 2. The van der Waals surface area contributed by atoms with E-state index in [1.807, 2.05) is 31.2 Å². The van der Waals surface area contributed by atoms with Crippen LogP contribution in [0.15, 0.2) is 78.9 Å². The van der Waals surface area contributed by atoms with E-state index in [1.54, 1.807) is 48.6 Å². The number of anilines is 3. The Kier molecular flexibility index (Phi) is 6.35. The number of hydrogen-bond acceptors (Lipinski definition) is 2. The number of benzene rings is 2. The lowest BCUT2D eigenvalue weighted by Crippen LogP contribution is -2.19. The molecule has 2 aromatic rings. The van der Waals surface area contributed by atoms with Crippen LogP contribution < -0.4 is 16.0 Å². The molecule has 0 aromatic heterocycles. The number of rotatable bonds is 5. The predicted molar refractivity (Wildman–Crippen MR) is 98.1 cm³/mol. The van der Waals surface area contributed by atoms with E-state index in [2.05, 4.69) is 16.0 Å². The summed E-state index contributed by atoms with van der Waals surface area (Å²) in [5.74, 6) is -0.212. The summed E-state index contributed by atoms with van der Waals surface area (Å²) < 4.78 is 0. The van der Waals surface area contributed by atoms with Gasteiger partial charge in [-0.3, -0.25) is 4.79 Å². The molecule has 0 unspecified atom stereocenters. The van der Waals surface area contributed by atoms with Crippen molar-refractivity contribution in [3.8, 4) is 0 Å². The van der Waals surface area contributed by atoms with Crippen LogP contribution in [-0.4, -0.2) is 11.9 Å². The van der Waals surface area contributed by atoms with Crippen molar-refractivity contribution in [1.29, 1.82) is 0 Å². The summed E-state index contributed by atoms with van der Waals surface area (Å²) in [6.45, 7) is 1.88. The molecule has 0 heterocycles.